The second-order valence-electron chi connectivity index (χ2n) is 8.25. The SMILES string of the molecule is COc1cc(COc2ccc(/C=C(\C#N)C(=O)Nc3ccc(F)cc3)cc2)ccc1OCc1ccccc1. The molecule has 0 aliphatic heterocycles. The van der Waals surface area contributed by atoms with Gasteiger partial charge in [0.25, 0.3) is 5.91 Å². The first kappa shape index (κ1) is 26.0. The van der Waals surface area contributed by atoms with Gasteiger partial charge in [-0.25, -0.2) is 4.39 Å². The van der Waals surface area contributed by atoms with Crippen LogP contribution in [-0.4, -0.2) is 13.0 Å². The number of rotatable bonds is 10. The maximum atomic E-state index is 13.1. The number of nitriles is 1. The number of amides is 1. The Kier molecular flexibility index (Phi) is 8.72. The summed E-state index contributed by atoms with van der Waals surface area (Å²) in [5.74, 6) is 0.896. The van der Waals surface area contributed by atoms with Gasteiger partial charge in [-0.2, -0.15) is 5.26 Å². The molecule has 1 amide bonds. The fraction of sp³-hybridized carbons (Fsp3) is 0.0968. The van der Waals surface area contributed by atoms with Crippen molar-refractivity contribution >= 4 is 17.7 Å². The third kappa shape index (κ3) is 7.21. The van der Waals surface area contributed by atoms with Crippen LogP contribution in [-0.2, 0) is 18.0 Å². The minimum atomic E-state index is -0.579. The van der Waals surface area contributed by atoms with Crippen LogP contribution in [0, 0.1) is 17.1 Å². The van der Waals surface area contributed by atoms with Gasteiger partial charge in [-0.05, 0) is 71.3 Å². The van der Waals surface area contributed by atoms with Gasteiger partial charge in [0.2, 0.25) is 0 Å². The summed E-state index contributed by atoms with van der Waals surface area (Å²) in [6.45, 7) is 0.753. The van der Waals surface area contributed by atoms with Crippen LogP contribution in [0.4, 0.5) is 10.1 Å². The lowest BCUT2D eigenvalue weighted by molar-refractivity contribution is -0.112. The number of hydrogen-bond donors (Lipinski definition) is 1. The minimum absolute atomic E-state index is 0.0790. The van der Waals surface area contributed by atoms with Crippen molar-refractivity contribution in [3.8, 4) is 23.3 Å². The van der Waals surface area contributed by atoms with Crippen molar-refractivity contribution in [3.63, 3.8) is 0 Å². The van der Waals surface area contributed by atoms with Gasteiger partial charge < -0.3 is 19.5 Å². The largest absolute Gasteiger partial charge is 0.493 e. The van der Waals surface area contributed by atoms with E-state index < -0.39 is 11.7 Å². The standard InChI is InChI=1S/C31H25FN2O4/c1-36-30-18-24(9-16-29(30)38-20-23-5-3-2-4-6-23)21-37-28-14-7-22(8-15-28)17-25(19-33)31(35)34-27-12-10-26(32)11-13-27/h2-18H,20-21H2,1H3,(H,34,35)/b25-17+. The first-order valence-corrected chi connectivity index (χ1v) is 11.8. The Morgan fingerprint density at radius 1 is 0.868 bits per heavy atom. The normalized spacial score (nSPS) is 10.8. The topological polar surface area (TPSA) is 80.6 Å². The highest BCUT2D eigenvalue weighted by atomic mass is 19.1. The van der Waals surface area contributed by atoms with E-state index in [2.05, 4.69) is 5.32 Å². The number of halogens is 1. The summed E-state index contributed by atoms with van der Waals surface area (Å²) in [6, 6.07) is 29.8. The van der Waals surface area contributed by atoms with Gasteiger partial charge in [0, 0.05) is 5.69 Å². The van der Waals surface area contributed by atoms with Gasteiger partial charge in [-0.3, -0.25) is 4.79 Å². The first-order valence-electron chi connectivity index (χ1n) is 11.8. The average molecular weight is 509 g/mol. The van der Waals surface area contributed by atoms with E-state index in [1.165, 1.54) is 30.3 Å². The molecular weight excluding hydrogens is 483 g/mol. The van der Waals surface area contributed by atoms with E-state index in [-0.39, 0.29) is 5.57 Å². The van der Waals surface area contributed by atoms with Gasteiger partial charge in [0.15, 0.2) is 11.5 Å². The number of carbonyl (C=O) groups is 1. The van der Waals surface area contributed by atoms with E-state index in [0.717, 1.165) is 11.1 Å². The van der Waals surface area contributed by atoms with E-state index in [1.807, 2.05) is 54.6 Å². The van der Waals surface area contributed by atoms with Crippen molar-refractivity contribution in [2.45, 2.75) is 13.2 Å². The first-order chi connectivity index (χ1) is 18.5. The summed E-state index contributed by atoms with van der Waals surface area (Å²) in [5.41, 5.74) is 2.95. The van der Waals surface area contributed by atoms with Crippen LogP contribution in [0.3, 0.4) is 0 Å². The van der Waals surface area contributed by atoms with Gasteiger partial charge in [0.05, 0.1) is 7.11 Å². The molecule has 4 aromatic rings. The molecule has 0 radical (unpaired) electrons. The number of nitrogens with one attached hydrogen (secondary N) is 1. The third-order valence-electron chi connectivity index (χ3n) is 5.53. The van der Waals surface area contributed by atoms with Crippen molar-refractivity contribution in [1.82, 2.24) is 0 Å². The maximum absolute atomic E-state index is 13.1. The Labute approximate surface area is 220 Å². The molecular formula is C31H25FN2O4. The summed E-state index contributed by atoms with van der Waals surface area (Å²) < 4.78 is 30.3. The predicted octanol–water partition coefficient (Wildman–Crippen LogP) is 6.54. The molecule has 4 rings (SSSR count). The van der Waals surface area contributed by atoms with Crippen LogP contribution in [0.25, 0.3) is 6.08 Å². The molecule has 0 heterocycles. The minimum Gasteiger partial charge on any atom is -0.493 e. The molecule has 0 saturated heterocycles. The van der Waals surface area contributed by atoms with E-state index in [9.17, 15) is 14.4 Å². The molecule has 0 fully saturated rings. The molecule has 4 aromatic carbocycles. The van der Waals surface area contributed by atoms with Crippen LogP contribution < -0.4 is 19.5 Å². The Morgan fingerprint density at radius 2 is 1.58 bits per heavy atom. The molecule has 1 N–H and O–H groups in total. The van der Waals surface area contributed by atoms with Crippen molar-refractivity contribution < 1.29 is 23.4 Å². The molecule has 0 spiro atoms. The number of anilines is 1. The van der Waals surface area contributed by atoms with Crippen molar-refractivity contribution in [2.24, 2.45) is 0 Å². The Balaban J connectivity index is 1.34. The van der Waals surface area contributed by atoms with Crippen LogP contribution in [0.2, 0.25) is 0 Å². The lowest BCUT2D eigenvalue weighted by Gasteiger charge is -2.13. The quantitative estimate of drug-likeness (QED) is 0.194. The second-order valence-corrected chi connectivity index (χ2v) is 8.25. The zero-order valence-corrected chi connectivity index (χ0v) is 20.7. The number of ether oxygens (including phenoxy) is 3. The fourth-order valence-corrected chi connectivity index (χ4v) is 3.53. The van der Waals surface area contributed by atoms with Crippen LogP contribution in [0.15, 0.2) is 103 Å². The smallest absolute Gasteiger partial charge is 0.266 e. The zero-order valence-electron chi connectivity index (χ0n) is 20.7. The van der Waals surface area contributed by atoms with Gasteiger partial charge in [-0.15, -0.1) is 0 Å². The van der Waals surface area contributed by atoms with E-state index >= 15 is 0 Å². The predicted molar refractivity (Wildman–Crippen MR) is 143 cm³/mol. The number of carbonyl (C=O) groups excluding carboxylic acids is 1. The lowest BCUT2D eigenvalue weighted by Crippen LogP contribution is -2.13. The van der Waals surface area contributed by atoms with Crippen molar-refractivity contribution in [1.29, 1.82) is 5.26 Å². The van der Waals surface area contributed by atoms with Crippen LogP contribution in [0.1, 0.15) is 16.7 Å². The molecule has 0 saturated carbocycles. The Bertz CT molecular complexity index is 1440. The summed E-state index contributed by atoms with van der Waals surface area (Å²) in [5, 5.41) is 12.0. The van der Waals surface area contributed by atoms with Crippen molar-refractivity contribution in [2.75, 3.05) is 12.4 Å². The molecule has 0 aromatic heterocycles. The second kappa shape index (κ2) is 12.7. The fourth-order valence-electron chi connectivity index (χ4n) is 3.53. The monoisotopic (exact) mass is 508 g/mol. The molecule has 0 aliphatic carbocycles. The van der Waals surface area contributed by atoms with E-state index in [0.29, 0.717) is 41.7 Å². The third-order valence-corrected chi connectivity index (χ3v) is 5.53. The molecule has 7 heteroatoms. The molecule has 6 nitrogen and oxygen atoms in total. The van der Waals surface area contributed by atoms with Gasteiger partial charge >= 0.3 is 0 Å². The van der Waals surface area contributed by atoms with E-state index in [4.69, 9.17) is 14.2 Å². The Hall–Kier alpha value is -5.09. The summed E-state index contributed by atoms with van der Waals surface area (Å²) in [6.07, 6.45) is 1.47. The maximum Gasteiger partial charge on any atom is 0.266 e. The van der Waals surface area contributed by atoms with E-state index in [1.54, 1.807) is 31.4 Å². The number of hydrogen-bond acceptors (Lipinski definition) is 5. The number of benzene rings is 4. The molecule has 0 atom stereocenters. The lowest BCUT2D eigenvalue weighted by atomic mass is 10.1. The number of methoxy groups -OCH3 is 1. The molecule has 190 valence electrons. The number of nitrogens with zero attached hydrogens (tertiary/aromatic N) is 1. The van der Waals surface area contributed by atoms with Crippen molar-refractivity contribution in [3.05, 3.63) is 125 Å². The molecule has 0 bridgehead atoms. The van der Waals surface area contributed by atoms with Crippen LogP contribution in [0.5, 0.6) is 17.2 Å². The van der Waals surface area contributed by atoms with Gasteiger partial charge in [0.1, 0.15) is 36.4 Å². The highest BCUT2D eigenvalue weighted by Gasteiger charge is 2.10. The van der Waals surface area contributed by atoms with Gasteiger partial charge in [-0.1, -0.05) is 48.5 Å². The Morgan fingerprint density at radius 3 is 2.26 bits per heavy atom. The van der Waals surface area contributed by atoms with Crippen LogP contribution >= 0.6 is 0 Å². The zero-order chi connectivity index (χ0) is 26.7. The molecule has 0 aliphatic rings. The molecule has 0 unspecified atom stereocenters. The summed E-state index contributed by atoms with van der Waals surface area (Å²) in [4.78, 5) is 12.4. The highest BCUT2D eigenvalue weighted by Crippen LogP contribution is 2.29. The molecule has 38 heavy (non-hydrogen) atoms. The highest BCUT2D eigenvalue weighted by molar-refractivity contribution is 6.09. The summed E-state index contributed by atoms with van der Waals surface area (Å²) in [7, 11) is 1.59. The summed E-state index contributed by atoms with van der Waals surface area (Å²) >= 11 is 0. The average Bonchev–Trinajstić information content (AvgIpc) is 2.96.